The zero-order valence-electron chi connectivity index (χ0n) is 19.1. The lowest BCUT2D eigenvalue weighted by Crippen LogP contribution is -2.34. The Balaban J connectivity index is 1.84. The Hall–Kier alpha value is -4.06. The number of amides is 2. The molecule has 0 bridgehead atoms. The van der Waals surface area contributed by atoms with E-state index >= 15 is 0 Å². The summed E-state index contributed by atoms with van der Waals surface area (Å²) in [5.41, 5.74) is 2.47. The van der Waals surface area contributed by atoms with Crippen molar-refractivity contribution in [1.82, 2.24) is 0 Å². The quantitative estimate of drug-likeness (QED) is 0.487. The smallest absolute Gasteiger partial charge is 0.282 e. The number of imide groups is 1. The van der Waals surface area contributed by atoms with Gasteiger partial charge in [-0.2, -0.15) is 0 Å². The van der Waals surface area contributed by atoms with E-state index in [1.54, 1.807) is 36.2 Å². The van der Waals surface area contributed by atoms with Gasteiger partial charge in [-0.05, 0) is 55.8 Å². The van der Waals surface area contributed by atoms with Crippen molar-refractivity contribution in [2.24, 2.45) is 0 Å². The SMILES string of the molecule is COc1ccccc1N1C(=O)C(c2ccc(OC(C)C)cc2)=C(N(C)c2ccccc2)C1=O. The number of benzene rings is 3. The Bertz CT molecular complexity index is 1200. The van der Waals surface area contributed by atoms with Crippen LogP contribution in [0.4, 0.5) is 11.4 Å². The van der Waals surface area contributed by atoms with Gasteiger partial charge in [-0.1, -0.05) is 42.5 Å². The van der Waals surface area contributed by atoms with E-state index in [0.717, 1.165) is 5.69 Å². The van der Waals surface area contributed by atoms with E-state index in [9.17, 15) is 9.59 Å². The Morgan fingerprint density at radius 3 is 2.09 bits per heavy atom. The first-order chi connectivity index (χ1) is 15.9. The van der Waals surface area contributed by atoms with Crippen LogP contribution in [0.5, 0.6) is 11.5 Å². The second-order valence-electron chi connectivity index (χ2n) is 7.93. The highest BCUT2D eigenvalue weighted by molar-refractivity contribution is 6.46. The molecule has 1 aliphatic heterocycles. The second-order valence-corrected chi connectivity index (χ2v) is 7.93. The van der Waals surface area contributed by atoms with Crippen molar-refractivity contribution in [2.75, 3.05) is 24.0 Å². The number of carbonyl (C=O) groups excluding carboxylic acids is 2. The molecule has 1 aliphatic rings. The van der Waals surface area contributed by atoms with Gasteiger partial charge >= 0.3 is 0 Å². The van der Waals surface area contributed by atoms with Gasteiger partial charge in [-0.25, -0.2) is 4.90 Å². The third kappa shape index (κ3) is 4.20. The molecule has 0 fully saturated rings. The van der Waals surface area contributed by atoms with E-state index in [-0.39, 0.29) is 6.10 Å². The number of carbonyl (C=O) groups is 2. The number of hydrogen-bond acceptors (Lipinski definition) is 5. The number of hydrogen-bond donors (Lipinski definition) is 0. The molecule has 6 nitrogen and oxygen atoms in total. The van der Waals surface area contributed by atoms with Crippen LogP contribution < -0.4 is 19.3 Å². The van der Waals surface area contributed by atoms with Crippen LogP contribution in [-0.4, -0.2) is 32.1 Å². The van der Waals surface area contributed by atoms with Gasteiger partial charge in [0.2, 0.25) is 0 Å². The van der Waals surface area contributed by atoms with Crippen molar-refractivity contribution in [3.05, 3.63) is 90.1 Å². The van der Waals surface area contributed by atoms with Gasteiger partial charge < -0.3 is 14.4 Å². The second kappa shape index (κ2) is 9.20. The van der Waals surface area contributed by atoms with Crippen molar-refractivity contribution < 1.29 is 19.1 Å². The summed E-state index contributed by atoms with van der Waals surface area (Å²) in [6.07, 6.45) is 0.0329. The Labute approximate surface area is 193 Å². The van der Waals surface area contributed by atoms with Gasteiger partial charge in [0.1, 0.15) is 17.2 Å². The summed E-state index contributed by atoms with van der Waals surface area (Å²) >= 11 is 0. The lowest BCUT2D eigenvalue weighted by Gasteiger charge is -2.22. The van der Waals surface area contributed by atoms with E-state index < -0.39 is 11.8 Å². The predicted molar refractivity (Wildman–Crippen MR) is 129 cm³/mol. The van der Waals surface area contributed by atoms with Crippen molar-refractivity contribution in [3.63, 3.8) is 0 Å². The van der Waals surface area contributed by atoms with Crippen molar-refractivity contribution in [3.8, 4) is 11.5 Å². The highest BCUT2D eigenvalue weighted by Gasteiger charge is 2.43. The number of methoxy groups -OCH3 is 1. The first-order valence-corrected chi connectivity index (χ1v) is 10.7. The van der Waals surface area contributed by atoms with Crippen LogP contribution >= 0.6 is 0 Å². The van der Waals surface area contributed by atoms with E-state index in [1.165, 1.54) is 12.0 Å². The summed E-state index contributed by atoms with van der Waals surface area (Å²) in [6.45, 7) is 3.90. The molecule has 0 atom stereocenters. The molecule has 33 heavy (non-hydrogen) atoms. The van der Waals surface area contributed by atoms with Gasteiger partial charge in [0.25, 0.3) is 11.8 Å². The number of para-hydroxylation sites is 3. The fourth-order valence-corrected chi connectivity index (χ4v) is 3.88. The largest absolute Gasteiger partial charge is 0.495 e. The molecule has 4 rings (SSSR count). The highest BCUT2D eigenvalue weighted by Crippen LogP contribution is 2.39. The molecule has 0 aliphatic carbocycles. The Morgan fingerprint density at radius 2 is 1.45 bits per heavy atom. The maximum absolute atomic E-state index is 13.7. The fourth-order valence-electron chi connectivity index (χ4n) is 3.88. The van der Waals surface area contributed by atoms with Crippen molar-refractivity contribution in [2.45, 2.75) is 20.0 Å². The highest BCUT2D eigenvalue weighted by atomic mass is 16.5. The van der Waals surface area contributed by atoms with Crippen LogP contribution in [0.2, 0.25) is 0 Å². The van der Waals surface area contributed by atoms with Gasteiger partial charge in [-0.15, -0.1) is 0 Å². The van der Waals surface area contributed by atoms with Crippen molar-refractivity contribution in [1.29, 1.82) is 0 Å². The molecule has 6 heteroatoms. The van der Waals surface area contributed by atoms with Crippen LogP contribution in [0.3, 0.4) is 0 Å². The number of nitrogens with zero attached hydrogens (tertiary/aromatic N) is 2. The molecule has 0 saturated carbocycles. The minimum Gasteiger partial charge on any atom is -0.495 e. The molecule has 0 spiro atoms. The average molecular weight is 443 g/mol. The van der Waals surface area contributed by atoms with Crippen LogP contribution in [0.1, 0.15) is 19.4 Å². The number of likely N-dealkylation sites (N-methyl/N-ethyl adjacent to an activating group) is 1. The first kappa shape index (κ1) is 22.1. The fraction of sp³-hybridized carbons (Fsp3) is 0.185. The first-order valence-electron chi connectivity index (χ1n) is 10.7. The predicted octanol–water partition coefficient (Wildman–Crippen LogP) is 4.90. The van der Waals surface area contributed by atoms with Crippen LogP contribution in [0.25, 0.3) is 5.57 Å². The third-order valence-electron chi connectivity index (χ3n) is 5.38. The molecule has 2 amide bonds. The standard InChI is InChI=1S/C27H26N2O4/c1-18(2)33-21-16-14-19(15-17-21)24-25(28(3)20-10-6-5-7-11-20)27(31)29(26(24)30)22-12-8-9-13-23(22)32-4/h5-18H,1-4H3. The summed E-state index contributed by atoms with van der Waals surface area (Å²) < 4.78 is 11.2. The molecule has 0 saturated heterocycles. The van der Waals surface area contributed by atoms with Crippen LogP contribution in [0, 0.1) is 0 Å². The van der Waals surface area contributed by atoms with Crippen LogP contribution in [-0.2, 0) is 9.59 Å². The zero-order valence-corrected chi connectivity index (χ0v) is 19.1. The minimum atomic E-state index is -0.409. The maximum atomic E-state index is 13.7. The number of rotatable bonds is 7. The minimum absolute atomic E-state index is 0.0329. The van der Waals surface area contributed by atoms with E-state index in [1.807, 2.05) is 68.4 Å². The summed E-state index contributed by atoms with van der Waals surface area (Å²) in [5.74, 6) is 0.335. The molecule has 3 aromatic rings. The summed E-state index contributed by atoms with van der Waals surface area (Å²) in [4.78, 5) is 30.4. The van der Waals surface area contributed by atoms with Crippen molar-refractivity contribution >= 4 is 28.8 Å². The molecule has 0 aromatic heterocycles. The molecular formula is C27H26N2O4. The topological polar surface area (TPSA) is 59.1 Å². The average Bonchev–Trinajstić information content (AvgIpc) is 3.09. The van der Waals surface area contributed by atoms with E-state index in [2.05, 4.69) is 0 Å². The van der Waals surface area contributed by atoms with Crippen LogP contribution in [0.15, 0.2) is 84.6 Å². The third-order valence-corrected chi connectivity index (χ3v) is 5.38. The molecule has 3 aromatic carbocycles. The molecule has 0 unspecified atom stereocenters. The molecule has 168 valence electrons. The Kier molecular flexibility index (Phi) is 6.18. The normalized spacial score (nSPS) is 13.7. The zero-order chi connectivity index (χ0) is 23.5. The summed E-state index contributed by atoms with van der Waals surface area (Å²) in [6, 6.07) is 23.7. The molecule has 0 radical (unpaired) electrons. The van der Waals surface area contributed by atoms with Gasteiger partial charge in [-0.3, -0.25) is 9.59 Å². The van der Waals surface area contributed by atoms with Gasteiger partial charge in [0.05, 0.1) is 24.5 Å². The summed E-state index contributed by atoms with van der Waals surface area (Å²) in [5, 5.41) is 0. The van der Waals surface area contributed by atoms with Gasteiger partial charge in [0.15, 0.2) is 0 Å². The maximum Gasteiger partial charge on any atom is 0.282 e. The molecule has 0 N–H and O–H groups in total. The number of anilines is 2. The lowest BCUT2D eigenvalue weighted by atomic mass is 10.0. The number of ether oxygens (including phenoxy) is 2. The lowest BCUT2D eigenvalue weighted by molar-refractivity contribution is -0.120. The van der Waals surface area contributed by atoms with Gasteiger partial charge in [0, 0.05) is 12.7 Å². The monoisotopic (exact) mass is 442 g/mol. The van der Waals surface area contributed by atoms with E-state index in [0.29, 0.717) is 34.0 Å². The molecular weight excluding hydrogens is 416 g/mol. The van der Waals surface area contributed by atoms with E-state index in [4.69, 9.17) is 9.47 Å². The summed E-state index contributed by atoms with van der Waals surface area (Å²) in [7, 11) is 3.31. The molecule has 1 heterocycles. The Morgan fingerprint density at radius 1 is 0.818 bits per heavy atom.